The minimum Gasteiger partial charge on any atom is -0.449 e. The molecule has 8 heteroatoms. The van der Waals surface area contributed by atoms with E-state index in [1.807, 2.05) is 24.3 Å². The van der Waals surface area contributed by atoms with E-state index in [4.69, 9.17) is 15.2 Å². The fraction of sp³-hybridized carbons (Fsp3) is 0.476. The largest absolute Gasteiger partial charge is 0.449 e. The Labute approximate surface area is 170 Å². The zero-order chi connectivity index (χ0) is 21.2. The van der Waals surface area contributed by atoms with Crippen LogP contribution in [0.25, 0.3) is 0 Å². The van der Waals surface area contributed by atoms with Crippen LogP contribution in [0.5, 0.6) is 0 Å². The number of rotatable bonds is 7. The summed E-state index contributed by atoms with van der Waals surface area (Å²) in [6.45, 7) is 6.14. The van der Waals surface area contributed by atoms with E-state index in [0.29, 0.717) is 25.3 Å². The molecule has 0 aromatic heterocycles. The molecule has 2 heterocycles. The van der Waals surface area contributed by atoms with Crippen molar-refractivity contribution in [1.29, 1.82) is 0 Å². The Bertz CT molecular complexity index is 826. The molecule has 0 spiro atoms. The second-order valence-electron chi connectivity index (χ2n) is 7.44. The number of carbonyl (C=O) groups excluding carboxylic acids is 3. The maximum absolute atomic E-state index is 13.7. The summed E-state index contributed by atoms with van der Waals surface area (Å²) in [6.07, 6.45) is 1.50. The van der Waals surface area contributed by atoms with Crippen LogP contribution in [0, 0.1) is 5.92 Å². The average molecular weight is 401 g/mol. The second kappa shape index (κ2) is 8.24. The molecule has 2 aliphatic heterocycles. The number of nitrogens with two attached hydrogens (primary N) is 1. The van der Waals surface area contributed by atoms with Crippen LogP contribution in [-0.2, 0) is 19.1 Å². The van der Waals surface area contributed by atoms with E-state index in [1.54, 1.807) is 25.0 Å². The van der Waals surface area contributed by atoms with Gasteiger partial charge in [0.2, 0.25) is 5.91 Å². The molecule has 0 radical (unpaired) electrons. The molecule has 3 amide bonds. The Balaban J connectivity index is 2.08. The van der Waals surface area contributed by atoms with Gasteiger partial charge in [-0.25, -0.2) is 4.79 Å². The molecule has 0 saturated carbocycles. The SMILES string of the molecule is C=CCCOC(=O)N1C[C@H](C(N)=O)[C@H]2c3ccccc3N(CCOC)C(=O)[C@]21C. The van der Waals surface area contributed by atoms with Crippen LogP contribution < -0.4 is 10.6 Å². The quantitative estimate of drug-likeness (QED) is 0.553. The van der Waals surface area contributed by atoms with Crippen molar-refractivity contribution >= 4 is 23.6 Å². The number of anilines is 1. The molecule has 0 bridgehead atoms. The van der Waals surface area contributed by atoms with Crippen molar-refractivity contribution in [3.63, 3.8) is 0 Å². The van der Waals surface area contributed by atoms with Crippen LogP contribution in [0.2, 0.25) is 0 Å². The maximum atomic E-state index is 13.7. The predicted molar refractivity (Wildman–Crippen MR) is 107 cm³/mol. The lowest BCUT2D eigenvalue weighted by Gasteiger charge is -2.46. The molecule has 29 heavy (non-hydrogen) atoms. The third-order valence-corrected chi connectivity index (χ3v) is 5.84. The van der Waals surface area contributed by atoms with E-state index in [0.717, 1.165) is 5.56 Å². The summed E-state index contributed by atoms with van der Waals surface area (Å²) in [7, 11) is 1.56. The number of primary amides is 1. The van der Waals surface area contributed by atoms with E-state index in [9.17, 15) is 14.4 Å². The number of fused-ring (bicyclic) bond motifs is 3. The molecule has 3 rings (SSSR count). The Hall–Kier alpha value is -2.87. The number of ether oxygens (including phenoxy) is 2. The van der Waals surface area contributed by atoms with Crippen LogP contribution >= 0.6 is 0 Å². The Morgan fingerprint density at radius 2 is 2.07 bits per heavy atom. The van der Waals surface area contributed by atoms with E-state index in [-0.39, 0.29) is 19.1 Å². The van der Waals surface area contributed by atoms with Gasteiger partial charge in [0, 0.05) is 31.8 Å². The van der Waals surface area contributed by atoms with Gasteiger partial charge in [0.05, 0.1) is 19.1 Å². The zero-order valence-corrected chi connectivity index (χ0v) is 16.8. The fourth-order valence-corrected chi connectivity index (χ4v) is 4.43. The van der Waals surface area contributed by atoms with Gasteiger partial charge in [-0.3, -0.25) is 14.5 Å². The molecule has 3 atom stereocenters. The fourth-order valence-electron chi connectivity index (χ4n) is 4.43. The van der Waals surface area contributed by atoms with Gasteiger partial charge in [0.15, 0.2) is 0 Å². The van der Waals surface area contributed by atoms with Crippen LogP contribution in [0.3, 0.4) is 0 Å². The van der Waals surface area contributed by atoms with Crippen molar-refractivity contribution in [3.8, 4) is 0 Å². The highest BCUT2D eigenvalue weighted by Gasteiger charge is 2.63. The second-order valence-corrected chi connectivity index (χ2v) is 7.44. The summed E-state index contributed by atoms with van der Waals surface area (Å²) in [5.41, 5.74) is 5.93. The lowest BCUT2D eigenvalue weighted by Crippen LogP contribution is -2.62. The van der Waals surface area contributed by atoms with Crippen LogP contribution in [0.4, 0.5) is 10.5 Å². The Kier molecular flexibility index (Phi) is 5.93. The average Bonchev–Trinajstić information content (AvgIpc) is 3.03. The molecule has 2 N–H and O–H groups in total. The highest BCUT2D eigenvalue weighted by Crippen LogP contribution is 2.52. The van der Waals surface area contributed by atoms with E-state index in [1.165, 1.54) is 4.90 Å². The van der Waals surface area contributed by atoms with Crippen molar-refractivity contribution < 1.29 is 23.9 Å². The lowest BCUT2D eigenvalue weighted by molar-refractivity contribution is -0.129. The summed E-state index contributed by atoms with van der Waals surface area (Å²) < 4.78 is 10.5. The predicted octanol–water partition coefficient (Wildman–Crippen LogP) is 1.65. The third kappa shape index (κ3) is 3.37. The van der Waals surface area contributed by atoms with Gasteiger partial charge in [-0.05, 0) is 25.0 Å². The first-order valence-electron chi connectivity index (χ1n) is 9.62. The van der Waals surface area contributed by atoms with Gasteiger partial charge < -0.3 is 20.1 Å². The van der Waals surface area contributed by atoms with Crippen LogP contribution in [0.1, 0.15) is 24.8 Å². The normalized spacial score (nSPS) is 25.4. The highest BCUT2D eigenvalue weighted by molar-refractivity contribution is 6.07. The number of hydrogen-bond donors (Lipinski definition) is 1. The molecule has 156 valence electrons. The molecule has 1 saturated heterocycles. The molecule has 1 fully saturated rings. The van der Waals surface area contributed by atoms with Gasteiger partial charge in [0.1, 0.15) is 5.54 Å². The lowest BCUT2D eigenvalue weighted by atomic mass is 9.72. The first-order chi connectivity index (χ1) is 13.9. The van der Waals surface area contributed by atoms with Gasteiger partial charge >= 0.3 is 6.09 Å². The molecule has 2 aliphatic rings. The van der Waals surface area contributed by atoms with Gasteiger partial charge in [-0.1, -0.05) is 24.3 Å². The van der Waals surface area contributed by atoms with E-state index < -0.39 is 29.4 Å². The van der Waals surface area contributed by atoms with Crippen molar-refractivity contribution in [1.82, 2.24) is 4.90 Å². The standard InChI is InChI=1S/C21H27N3O5/c1-4-5-11-29-20(27)24-13-15(18(22)25)17-14-8-6-7-9-16(14)23(10-12-28-3)19(26)21(17,24)2/h4,6-9,15,17H,1,5,10-13H2,2-3H3,(H2,22,25)/t15-,17+,21-/m0/s1. The molecule has 0 unspecified atom stereocenters. The number of para-hydroxylation sites is 1. The van der Waals surface area contributed by atoms with Crippen molar-refractivity contribution in [3.05, 3.63) is 42.5 Å². The Morgan fingerprint density at radius 3 is 2.72 bits per heavy atom. The van der Waals surface area contributed by atoms with Gasteiger partial charge in [-0.2, -0.15) is 0 Å². The minimum absolute atomic E-state index is 0.0294. The van der Waals surface area contributed by atoms with Gasteiger partial charge in [-0.15, -0.1) is 6.58 Å². The monoisotopic (exact) mass is 401 g/mol. The summed E-state index contributed by atoms with van der Waals surface area (Å²) in [5, 5.41) is 0. The molecular formula is C21H27N3O5. The Morgan fingerprint density at radius 1 is 1.34 bits per heavy atom. The van der Waals surface area contributed by atoms with Crippen molar-refractivity contribution in [2.45, 2.75) is 24.8 Å². The number of benzene rings is 1. The molecule has 1 aromatic rings. The molecule has 1 aromatic carbocycles. The van der Waals surface area contributed by atoms with Crippen LogP contribution in [-0.4, -0.2) is 61.8 Å². The minimum atomic E-state index is -1.28. The number of hydrogen-bond acceptors (Lipinski definition) is 5. The first-order valence-corrected chi connectivity index (χ1v) is 9.62. The van der Waals surface area contributed by atoms with Crippen molar-refractivity contribution in [2.75, 3.05) is 38.3 Å². The molecular weight excluding hydrogens is 374 g/mol. The maximum Gasteiger partial charge on any atom is 0.410 e. The third-order valence-electron chi connectivity index (χ3n) is 5.84. The zero-order valence-electron chi connectivity index (χ0n) is 16.8. The number of amides is 3. The topological polar surface area (TPSA) is 102 Å². The first kappa shape index (κ1) is 20.9. The summed E-state index contributed by atoms with van der Waals surface area (Å²) in [4.78, 5) is 41.8. The smallest absolute Gasteiger partial charge is 0.410 e. The number of likely N-dealkylation sites (tertiary alicyclic amines) is 1. The summed E-state index contributed by atoms with van der Waals surface area (Å²) >= 11 is 0. The number of carbonyl (C=O) groups is 3. The number of nitrogens with zero attached hydrogens (tertiary/aromatic N) is 2. The van der Waals surface area contributed by atoms with Crippen LogP contribution in [0.15, 0.2) is 36.9 Å². The van der Waals surface area contributed by atoms with E-state index in [2.05, 4.69) is 6.58 Å². The highest BCUT2D eigenvalue weighted by atomic mass is 16.6. The molecule has 0 aliphatic carbocycles. The van der Waals surface area contributed by atoms with Gasteiger partial charge in [0.25, 0.3) is 5.91 Å². The summed E-state index contributed by atoms with van der Waals surface area (Å²) in [5.74, 6) is -2.06. The molecule has 8 nitrogen and oxygen atoms in total. The van der Waals surface area contributed by atoms with Crippen molar-refractivity contribution in [2.24, 2.45) is 11.7 Å². The number of methoxy groups -OCH3 is 1. The summed E-state index contributed by atoms with van der Waals surface area (Å²) in [6, 6.07) is 7.41. The van der Waals surface area contributed by atoms with E-state index >= 15 is 0 Å².